The standard InChI is InChI=1S/C24H31N3O4S/c1-17(2)15-27(16-18(3)4)24(28)22(12-19-6-5-10-25-14-19)26-32(29,30)21-7-8-23-20(13-21)9-11-31-23/h5-11,13-14,17-18,22,26H,12,15-16H2,1-4H3/t22-/m0/s1. The molecule has 1 amide bonds. The molecule has 0 spiro atoms. The maximum atomic E-state index is 13.6. The quantitative estimate of drug-likeness (QED) is 0.499. The van der Waals surface area contributed by atoms with Crippen molar-refractivity contribution >= 4 is 26.9 Å². The fourth-order valence-electron chi connectivity index (χ4n) is 3.66. The normalized spacial score (nSPS) is 13.1. The molecule has 0 fully saturated rings. The number of sulfonamides is 1. The van der Waals surface area contributed by atoms with E-state index in [1.54, 1.807) is 41.6 Å². The topological polar surface area (TPSA) is 92.5 Å². The molecule has 1 aromatic carbocycles. The summed E-state index contributed by atoms with van der Waals surface area (Å²) in [5.41, 5.74) is 1.39. The van der Waals surface area contributed by atoms with Crippen LogP contribution in [-0.4, -0.2) is 43.3 Å². The summed E-state index contributed by atoms with van der Waals surface area (Å²) in [5, 5.41) is 0.684. The number of carbonyl (C=O) groups excluding carboxylic acids is 1. The first-order valence-corrected chi connectivity index (χ1v) is 12.3. The van der Waals surface area contributed by atoms with Crippen LogP contribution in [0.2, 0.25) is 0 Å². The average molecular weight is 458 g/mol. The Kier molecular flexibility index (Phi) is 7.69. The Bertz CT molecular complexity index is 1130. The van der Waals surface area contributed by atoms with Gasteiger partial charge in [0.25, 0.3) is 0 Å². The zero-order valence-corrected chi connectivity index (χ0v) is 19.8. The van der Waals surface area contributed by atoms with E-state index in [0.717, 1.165) is 5.56 Å². The SMILES string of the molecule is CC(C)CN(CC(C)C)C(=O)[C@H](Cc1cccnc1)NS(=O)(=O)c1ccc2occc2c1. The van der Waals surface area contributed by atoms with E-state index in [9.17, 15) is 13.2 Å². The fourth-order valence-corrected chi connectivity index (χ4v) is 4.88. The van der Waals surface area contributed by atoms with Gasteiger partial charge >= 0.3 is 0 Å². The summed E-state index contributed by atoms with van der Waals surface area (Å²) < 4.78 is 34.5. The lowest BCUT2D eigenvalue weighted by Crippen LogP contribution is -2.51. The van der Waals surface area contributed by atoms with Gasteiger partial charge in [-0.15, -0.1) is 0 Å². The van der Waals surface area contributed by atoms with Gasteiger partial charge in [-0.25, -0.2) is 8.42 Å². The van der Waals surface area contributed by atoms with Gasteiger partial charge in [0, 0.05) is 30.9 Å². The third-order valence-electron chi connectivity index (χ3n) is 4.98. The molecular weight excluding hydrogens is 426 g/mol. The second-order valence-corrected chi connectivity index (χ2v) is 10.6. The molecule has 1 N–H and O–H groups in total. The largest absolute Gasteiger partial charge is 0.464 e. The van der Waals surface area contributed by atoms with Crippen molar-refractivity contribution < 1.29 is 17.6 Å². The molecule has 0 aliphatic rings. The van der Waals surface area contributed by atoms with Crippen molar-refractivity contribution in [2.75, 3.05) is 13.1 Å². The van der Waals surface area contributed by atoms with Crippen LogP contribution in [0.15, 0.2) is 64.4 Å². The van der Waals surface area contributed by atoms with Crippen LogP contribution < -0.4 is 4.72 Å². The van der Waals surface area contributed by atoms with Crippen LogP contribution in [0.1, 0.15) is 33.3 Å². The summed E-state index contributed by atoms with van der Waals surface area (Å²) in [6.45, 7) is 9.29. The lowest BCUT2D eigenvalue weighted by Gasteiger charge is -2.30. The van der Waals surface area contributed by atoms with Crippen LogP contribution in [0.5, 0.6) is 0 Å². The van der Waals surface area contributed by atoms with E-state index in [0.29, 0.717) is 24.1 Å². The highest BCUT2D eigenvalue weighted by Gasteiger charge is 2.30. The Morgan fingerprint density at radius 2 is 1.81 bits per heavy atom. The van der Waals surface area contributed by atoms with E-state index < -0.39 is 16.1 Å². The predicted molar refractivity (Wildman–Crippen MR) is 125 cm³/mol. The lowest BCUT2D eigenvalue weighted by atomic mass is 10.1. The minimum Gasteiger partial charge on any atom is -0.464 e. The fraction of sp³-hybridized carbons (Fsp3) is 0.417. The molecular formula is C24H31N3O4S. The number of nitrogens with zero attached hydrogens (tertiary/aromatic N) is 2. The first-order valence-electron chi connectivity index (χ1n) is 10.8. The molecule has 8 heteroatoms. The van der Waals surface area contributed by atoms with Crippen LogP contribution in [0.3, 0.4) is 0 Å². The summed E-state index contributed by atoms with van der Waals surface area (Å²) in [5.74, 6) is 0.290. The second kappa shape index (κ2) is 10.3. The summed E-state index contributed by atoms with van der Waals surface area (Å²) >= 11 is 0. The Hall–Kier alpha value is -2.71. The van der Waals surface area contributed by atoms with E-state index in [-0.39, 0.29) is 29.1 Å². The van der Waals surface area contributed by atoms with Gasteiger partial charge in [0.05, 0.1) is 11.2 Å². The molecule has 0 aliphatic carbocycles. The molecule has 2 heterocycles. The van der Waals surface area contributed by atoms with E-state index in [1.165, 1.54) is 12.3 Å². The highest BCUT2D eigenvalue weighted by Crippen LogP contribution is 2.21. The molecule has 7 nitrogen and oxygen atoms in total. The molecule has 0 aliphatic heterocycles. The Balaban J connectivity index is 1.92. The van der Waals surface area contributed by atoms with Gasteiger partial charge < -0.3 is 9.32 Å². The number of furan rings is 1. The molecule has 0 saturated heterocycles. The highest BCUT2D eigenvalue weighted by molar-refractivity contribution is 7.89. The number of hydrogen-bond donors (Lipinski definition) is 1. The summed E-state index contributed by atoms with van der Waals surface area (Å²) in [6.07, 6.45) is 5.03. The lowest BCUT2D eigenvalue weighted by molar-refractivity contribution is -0.134. The molecule has 3 aromatic rings. The Morgan fingerprint density at radius 1 is 1.09 bits per heavy atom. The van der Waals surface area contributed by atoms with Crippen LogP contribution in [0.4, 0.5) is 0 Å². The van der Waals surface area contributed by atoms with Gasteiger partial charge in [0.1, 0.15) is 11.6 Å². The number of hydrogen-bond acceptors (Lipinski definition) is 5. The van der Waals surface area contributed by atoms with Gasteiger partial charge in [0.2, 0.25) is 15.9 Å². The van der Waals surface area contributed by atoms with Crippen molar-refractivity contribution in [2.24, 2.45) is 11.8 Å². The number of benzene rings is 1. The molecule has 0 saturated carbocycles. The number of nitrogens with one attached hydrogen (secondary N) is 1. The summed E-state index contributed by atoms with van der Waals surface area (Å²) in [7, 11) is -3.94. The van der Waals surface area contributed by atoms with Gasteiger partial charge in [-0.2, -0.15) is 4.72 Å². The monoisotopic (exact) mass is 457 g/mol. The molecule has 172 valence electrons. The minimum absolute atomic E-state index is 0.0923. The Morgan fingerprint density at radius 3 is 2.44 bits per heavy atom. The molecule has 0 radical (unpaired) electrons. The van der Waals surface area contributed by atoms with Gasteiger partial charge in [-0.1, -0.05) is 33.8 Å². The van der Waals surface area contributed by atoms with Crippen molar-refractivity contribution in [1.82, 2.24) is 14.6 Å². The third kappa shape index (κ3) is 6.17. The summed E-state index contributed by atoms with van der Waals surface area (Å²) in [4.78, 5) is 19.5. The van der Waals surface area contributed by atoms with Crippen molar-refractivity contribution in [3.05, 3.63) is 60.6 Å². The number of fused-ring (bicyclic) bond motifs is 1. The van der Waals surface area contributed by atoms with E-state index >= 15 is 0 Å². The molecule has 3 rings (SSSR count). The molecule has 1 atom stereocenters. The zero-order valence-electron chi connectivity index (χ0n) is 19.0. The molecule has 0 bridgehead atoms. The number of aromatic nitrogens is 1. The summed E-state index contributed by atoms with van der Waals surface area (Å²) in [6, 6.07) is 9.03. The van der Waals surface area contributed by atoms with Crippen LogP contribution in [-0.2, 0) is 21.2 Å². The van der Waals surface area contributed by atoms with Gasteiger partial charge in [0.15, 0.2) is 0 Å². The first-order chi connectivity index (χ1) is 15.2. The van der Waals surface area contributed by atoms with Crippen LogP contribution in [0, 0.1) is 11.8 Å². The van der Waals surface area contributed by atoms with Crippen LogP contribution in [0.25, 0.3) is 11.0 Å². The molecule has 32 heavy (non-hydrogen) atoms. The van der Waals surface area contributed by atoms with Crippen molar-refractivity contribution in [2.45, 2.75) is 45.1 Å². The van der Waals surface area contributed by atoms with Crippen molar-refractivity contribution in [3.63, 3.8) is 0 Å². The smallest absolute Gasteiger partial charge is 0.241 e. The number of amides is 1. The number of rotatable bonds is 10. The minimum atomic E-state index is -3.94. The van der Waals surface area contributed by atoms with Crippen molar-refractivity contribution in [1.29, 1.82) is 0 Å². The highest BCUT2D eigenvalue weighted by atomic mass is 32.2. The third-order valence-corrected chi connectivity index (χ3v) is 6.44. The maximum absolute atomic E-state index is 13.6. The molecule has 2 aromatic heterocycles. The number of pyridine rings is 1. The first kappa shape index (κ1) is 23.9. The predicted octanol–water partition coefficient (Wildman–Crippen LogP) is 3.86. The van der Waals surface area contributed by atoms with E-state index in [4.69, 9.17) is 4.42 Å². The molecule has 0 unspecified atom stereocenters. The van der Waals surface area contributed by atoms with E-state index in [2.05, 4.69) is 9.71 Å². The average Bonchev–Trinajstić information content (AvgIpc) is 3.20. The van der Waals surface area contributed by atoms with Gasteiger partial charge in [-0.3, -0.25) is 9.78 Å². The van der Waals surface area contributed by atoms with Crippen molar-refractivity contribution in [3.8, 4) is 0 Å². The van der Waals surface area contributed by atoms with Crippen LogP contribution >= 0.6 is 0 Å². The Labute approximate surface area is 189 Å². The second-order valence-electron chi connectivity index (χ2n) is 8.89. The zero-order chi connectivity index (χ0) is 23.3. The van der Waals surface area contributed by atoms with E-state index in [1.807, 2.05) is 33.8 Å². The van der Waals surface area contributed by atoms with Gasteiger partial charge in [-0.05, 0) is 54.2 Å². The number of carbonyl (C=O) groups is 1. The maximum Gasteiger partial charge on any atom is 0.241 e.